The summed E-state index contributed by atoms with van der Waals surface area (Å²) in [6, 6.07) is 4.62. The van der Waals surface area contributed by atoms with Crippen molar-refractivity contribution in [1.82, 2.24) is 0 Å². The van der Waals surface area contributed by atoms with E-state index in [1.54, 1.807) is 0 Å². The Bertz CT molecular complexity index is 235. The van der Waals surface area contributed by atoms with Crippen molar-refractivity contribution >= 4 is 23.7 Å². The molecule has 13 heavy (non-hydrogen) atoms. The molecule has 0 amide bonds. The molecule has 0 fully saturated rings. The minimum Gasteiger partial charge on any atom is -0.323 e. The summed E-state index contributed by atoms with van der Waals surface area (Å²) in [6.45, 7) is 4.36. The van der Waals surface area contributed by atoms with Crippen LogP contribution in [0.4, 0.5) is 0 Å². The Hall–Kier alpha value is -0.0500. The highest BCUT2D eigenvalue weighted by Gasteiger charge is 2.06. The Morgan fingerprint density at radius 1 is 1.38 bits per heavy atom. The highest BCUT2D eigenvalue weighted by molar-refractivity contribution is 7.12. The van der Waals surface area contributed by atoms with Gasteiger partial charge in [0.05, 0.1) is 0 Å². The molecule has 1 rings (SSSR count). The Balaban J connectivity index is 0.00000144. The lowest BCUT2D eigenvalue weighted by Gasteiger charge is -2.06. The monoisotopic (exact) mass is 219 g/mol. The molecule has 0 aliphatic heterocycles. The van der Waals surface area contributed by atoms with Crippen LogP contribution in [0.5, 0.6) is 0 Å². The van der Waals surface area contributed by atoms with Gasteiger partial charge in [0, 0.05) is 15.8 Å². The third-order valence-electron chi connectivity index (χ3n) is 2.00. The number of rotatable bonds is 4. The first-order valence-electron chi connectivity index (χ1n) is 4.62. The summed E-state index contributed by atoms with van der Waals surface area (Å²) in [7, 11) is 0. The van der Waals surface area contributed by atoms with Crippen LogP contribution in [0, 0.1) is 0 Å². The molecule has 76 valence electrons. The van der Waals surface area contributed by atoms with Crippen LogP contribution < -0.4 is 5.73 Å². The third kappa shape index (κ3) is 3.67. The molecule has 2 N–H and O–H groups in total. The number of thiophene rings is 1. The highest BCUT2D eigenvalue weighted by atomic mass is 35.5. The van der Waals surface area contributed by atoms with E-state index in [-0.39, 0.29) is 18.4 Å². The normalized spacial score (nSPS) is 12.2. The van der Waals surface area contributed by atoms with Crippen molar-refractivity contribution < 1.29 is 0 Å². The zero-order chi connectivity index (χ0) is 8.97. The van der Waals surface area contributed by atoms with Crippen molar-refractivity contribution in [3.63, 3.8) is 0 Å². The summed E-state index contributed by atoms with van der Waals surface area (Å²) < 4.78 is 0. The SMILES string of the molecule is CCC[C@@H](N)c1ccc(CC)s1.Cl. The van der Waals surface area contributed by atoms with E-state index in [1.165, 1.54) is 16.2 Å². The summed E-state index contributed by atoms with van der Waals surface area (Å²) in [4.78, 5) is 2.78. The van der Waals surface area contributed by atoms with Crippen LogP contribution in [0.2, 0.25) is 0 Å². The van der Waals surface area contributed by atoms with Crippen molar-refractivity contribution in [2.75, 3.05) is 0 Å². The van der Waals surface area contributed by atoms with Crippen molar-refractivity contribution in [2.45, 2.75) is 39.2 Å². The molecule has 0 unspecified atom stereocenters. The van der Waals surface area contributed by atoms with Gasteiger partial charge in [0.1, 0.15) is 0 Å². The number of nitrogens with two attached hydrogens (primary N) is 1. The van der Waals surface area contributed by atoms with Crippen molar-refractivity contribution in [3.05, 3.63) is 21.9 Å². The van der Waals surface area contributed by atoms with Crippen LogP contribution in [0.3, 0.4) is 0 Å². The second-order valence-electron chi connectivity index (χ2n) is 3.05. The molecule has 1 nitrogen and oxygen atoms in total. The zero-order valence-corrected chi connectivity index (χ0v) is 9.88. The first-order chi connectivity index (χ1) is 5.77. The summed E-state index contributed by atoms with van der Waals surface area (Å²) in [5, 5.41) is 0. The highest BCUT2D eigenvalue weighted by Crippen LogP contribution is 2.24. The van der Waals surface area contributed by atoms with Gasteiger partial charge in [-0.25, -0.2) is 0 Å². The standard InChI is InChI=1S/C10H17NS.ClH/c1-3-5-9(11)10-7-6-8(4-2)12-10;/h6-7,9H,3-5,11H2,1-2H3;1H/t9-;/m1./s1. The molecule has 1 aromatic heterocycles. The van der Waals surface area contributed by atoms with Crippen LogP contribution in [0.1, 0.15) is 42.5 Å². The Labute approximate surface area is 90.8 Å². The number of aryl methyl sites for hydroxylation is 1. The fourth-order valence-electron chi connectivity index (χ4n) is 1.24. The van der Waals surface area contributed by atoms with Gasteiger partial charge in [-0.15, -0.1) is 23.7 Å². The van der Waals surface area contributed by atoms with Gasteiger partial charge in [-0.3, -0.25) is 0 Å². The predicted octanol–water partition coefficient (Wildman–Crippen LogP) is 3.53. The average molecular weight is 220 g/mol. The van der Waals surface area contributed by atoms with Gasteiger partial charge in [0.25, 0.3) is 0 Å². The number of halogens is 1. The number of hydrogen-bond donors (Lipinski definition) is 1. The molecule has 0 radical (unpaired) electrons. The third-order valence-corrected chi connectivity index (χ3v) is 3.36. The lowest BCUT2D eigenvalue weighted by Crippen LogP contribution is -2.07. The fraction of sp³-hybridized carbons (Fsp3) is 0.600. The Morgan fingerprint density at radius 2 is 2.08 bits per heavy atom. The van der Waals surface area contributed by atoms with E-state index < -0.39 is 0 Å². The molecule has 0 aliphatic rings. The fourth-order valence-corrected chi connectivity index (χ4v) is 2.23. The van der Waals surface area contributed by atoms with Gasteiger partial charge >= 0.3 is 0 Å². The van der Waals surface area contributed by atoms with Gasteiger partial charge in [-0.1, -0.05) is 20.3 Å². The van der Waals surface area contributed by atoms with E-state index in [9.17, 15) is 0 Å². The molecule has 1 aromatic rings. The largest absolute Gasteiger partial charge is 0.323 e. The molecular formula is C10H18ClNS. The number of hydrogen-bond acceptors (Lipinski definition) is 2. The van der Waals surface area contributed by atoms with Gasteiger partial charge in [0.2, 0.25) is 0 Å². The summed E-state index contributed by atoms with van der Waals surface area (Å²) in [5.41, 5.74) is 5.98. The van der Waals surface area contributed by atoms with Gasteiger partial charge in [-0.2, -0.15) is 0 Å². The molecule has 0 saturated heterocycles. The molecular weight excluding hydrogens is 202 g/mol. The molecule has 0 aliphatic carbocycles. The average Bonchev–Trinajstić information content (AvgIpc) is 2.52. The van der Waals surface area contributed by atoms with Gasteiger partial charge in [0.15, 0.2) is 0 Å². The summed E-state index contributed by atoms with van der Waals surface area (Å²) >= 11 is 1.86. The maximum atomic E-state index is 5.98. The topological polar surface area (TPSA) is 26.0 Å². The lowest BCUT2D eigenvalue weighted by molar-refractivity contribution is 0.648. The second-order valence-corrected chi connectivity index (χ2v) is 4.25. The first-order valence-corrected chi connectivity index (χ1v) is 5.43. The predicted molar refractivity (Wildman–Crippen MR) is 62.8 cm³/mol. The molecule has 3 heteroatoms. The van der Waals surface area contributed by atoms with E-state index in [0.29, 0.717) is 0 Å². The van der Waals surface area contributed by atoms with Crippen LogP contribution >= 0.6 is 23.7 Å². The van der Waals surface area contributed by atoms with Gasteiger partial charge < -0.3 is 5.73 Å². The maximum Gasteiger partial charge on any atom is 0.0389 e. The Kier molecular flexibility index (Phi) is 6.39. The van der Waals surface area contributed by atoms with E-state index in [2.05, 4.69) is 26.0 Å². The van der Waals surface area contributed by atoms with Crippen LogP contribution in [0.25, 0.3) is 0 Å². The van der Waals surface area contributed by atoms with Crippen molar-refractivity contribution in [2.24, 2.45) is 5.73 Å². The van der Waals surface area contributed by atoms with Crippen molar-refractivity contribution in [1.29, 1.82) is 0 Å². The smallest absolute Gasteiger partial charge is 0.0389 e. The van der Waals surface area contributed by atoms with Crippen LogP contribution in [0.15, 0.2) is 12.1 Å². The summed E-state index contributed by atoms with van der Waals surface area (Å²) in [6.07, 6.45) is 3.40. The zero-order valence-electron chi connectivity index (χ0n) is 8.25. The quantitative estimate of drug-likeness (QED) is 0.824. The van der Waals surface area contributed by atoms with E-state index >= 15 is 0 Å². The minimum atomic E-state index is 0. The first kappa shape index (κ1) is 12.9. The molecule has 1 atom stereocenters. The molecule has 0 saturated carbocycles. The molecule has 0 spiro atoms. The Morgan fingerprint density at radius 3 is 2.54 bits per heavy atom. The van der Waals surface area contributed by atoms with Crippen molar-refractivity contribution in [3.8, 4) is 0 Å². The minimum absolute atomic E-state index is 0. The maximum absolute atomic E-state index is 5.98. The molecule has 0 aromatic carbocycles. The van der Waals surface area contributed by atoms with E-state index in [0.717, 1.165) is 12.8 Å². The van der Waals surface area contributed by atoms with E-state index in [1.807, 2.05) is 11.3 Å². The lowest BCUT2D eigenvalue weighted by atomic mass is 10.1. The van der Waals surface area contributed by atoms with Crippen LogP contribution in [-0.4, -0.2) is 0 Å². The van der Waals surface area contributed by atoms with Crippen LogP contribution in [-0.2, 0) is 6.42 Å². The molecule has 1 heterocycles. The van der Waals surface area contributed by atoms with Gasteiger partial charge in [-0.05, 0) is 25.0 Å². The second kappa shape index (κ2) is 6.41. The summed E-state index contributed by atoms with van der Waals surface area (Å²) in [5.74, 6) is 0. The molecule has 0 bridgehead atoms. The van der Waals surface area contributed by atoms with E-state index in [4.69, 9.17) is 5.73 Å².